The number of benzene rings is 2. The number of rotatable bonds is 4. The van der Waals surface area contributed by atoms with Crippen molar-refractivity contribution < 1.29 is 14.3 Å². The molecule has 0 unspecified atom stereocenters. The molecule has 0 radical (unpaired) electrons. The van der Waals surface area contributed by atoms with E-state index in [1.165, 1.54) is 0 Å². The van der Waals surface area contributed by atoms with Gasteiger partial charge in [0, 0.05) is 17.6 Å². The van der Waals surface area contributed by atoms with Crippen molar-refractivity contribution in [3.63, 3.8) is 0 Å². The van der Waals surface area contributed by atoms with Gasteiger partial charge in [0.25, 0.3) is 5.91 Å². The summed E-state index contributed by atoms with van der Waals surface area (Å²) in [5, 5.41) is 0. The lowest BCUT2D eigenvalue weighted by atomic mass is 10.1. The Morgan fingerprint density at radius 3 is 2.50 bits per heavy atom. The predicted molar refractivity (Wildman–Crippen MR) is 87.3 cm³/mol. The van der Waals surface area contributed by atoms with Gasteiger partial charge in [0.05, 0.1) is 19.8 Å². The van der Waals surface area contributed by atoms with E-state index < -0.39 is 0 Å². The molecule has 4 nitrogen and oxygen atoms in total. The summed E-state index contributed by atoms with van der Waals surface area (Å²) in [5.74, 6) is 1.44. The second-order valence-corrected chi connectivity index (χ2v) is 6.07. The molecule has 1 amide bonds. The van der Waals surface area contributed by atoms with Gasteiger partial charge in [0.15, 0.2) is 0 Å². The summed E-state index contributed by atoms with van der Waals surface area (Å²) in [5.41, 5.74) is 2.73. The summed E-state index contributed by atoms with van der Waals surface area (Å²) in [4.78, 5) is 14.4. The number of nitrogens with zero attached hydrogens (tertiary/aromatic N) is 1. The first kappa shape index (κ1) is 14.9. The molecule has 1 aliphatic heterocycles. The standard InChI is InChI=1S/C17H16BrNO3/c1-21-14-5-3-11(4-6-14)9-19-10-12-7-13(18)8-15(22-2)16(12)17(19)20/h3-8H,9-10H2,1-2H3. The predicted octanol–water partition coefficient (Wildman–Crippen LogP) is 3.62. The maximum atomic E-state index is 12.6. The molecule has 0 fully saturated rings. The van der Waals surface area contributed by atoms with Crippen LogP contribution in [0, 0.1) is 0 Å². The largest absolute Gasteiger partial charge is 0.497 e. The molecule has 0 aliphatic carbocycles. The van der Waals surface area contributed by atoms with Crippen LogP contribution in [-0.2, 0) is 13.1 Å². The van der Waals surface area contributed by atoms with E-state index in [9.17, 15) is 4.79 Å². The van der Waals surface area contributed by atoms with Crippen molar-refractivity contribution in [3.8, 4) is 11.5 Å². The van der Waals surface area contributed by atoms with E-state index >= 15 is 0 Å². The lowest BCUT2D eigenvalue weighted by Crippen LogP contribution is -2.23. The monoisotopic (exact) mass is 361 g/mol. The van der Waals surface area contributed by atoms with Gasteiger partial charge in [-0.15, -0.1) is 0 Å². The fourth-order valence-corrected chi connectivity index (χ4v) is 3.16. The van der Waals surface area contributed by atoms with Crippen LogP contribution in [0.25, 0.3) is 0 Å². The first-order valence-corrected chi connectivity index (χ1v) is 7.70. The molecule has 0 spiro atoms. The van der Waals surface area contributed by atoms with Gasteiger partial charge in [-0.25, -0.2) is 0 Å². The Labute approximate surface area is 137 Å². The first-order valence-electron chi connectivity index (χ1n) is 6.91. The number of hydrogen-bond donors (Lipinski definition) is 0. The minimum Gasteiger partial charge on any atom is -0.497 e. The van der Waals surface area contributed by atoms with Gasteiger partial charge in [-0.3, -0.25) is 4.79 Å². The lowest BCUT2D eigenvalue weighted by molar-refractivity contribution is 0.0764. The number of amides is 1. The normalized spacial score (nSPS) is 13.2. The van der Waals surface area contributed by atoms with Crippen LogP contribution < -0.4 is 9.47 Å². The number of hydrogen-bond acceptors (Lipinski definition) is 3. The second kappa shape index (κ2) is 6.01. The maximum Gasteiger partial charge on any atom is 0.258 e. The number of halogens is 1. The molecule has 22 heavy (non-hydrogen) atoms. The molecular weight excluding hydrogens is 346 g/mol. The third-order valence-electron chi connectivity index (χ3n) is 3.76. The number of fused-ring (bicyclic) bond motifs is 1. The molecule has 3 rings (SSSR count). The molecule has 0 saturated heterocycles. The summed E-state index contributed by atoms with van der Waals surface area (Å²) in [6.45, 7) is 1.16. The Balaban J connectivity index is 1.84. The number of carbonyl (C=O) groups excluding carboxylic acids is 1. The van der Waals surface area contributed by atoms with Crippen molar-refractivity contribution in [1.82, 2.24) is 4.90 Å². The van der Waals surface area contributed by atoms with E-state index in [0.29, 0.717) is 24.4 Å². The van der Waals surface area contributed by atoms with Crippen molar-refractivity contribution >= 4 is 21.8 Å². The number of methoxy groups -OCH3 is 2. The third kappa shape index (κ3) is 2.68. The fourth-order valence-electron chi connectivity index (χ4n) is 2.68. The Hall–Kier alpha value is -2.01. The topological polar surface area (TPSA) is 38.8 Å². The zero-order chi connectivity index (χ0) is 15.7. The molecule has 114 valence electrons. The maximum absolute atomic E-state index is 12.6. The lowest BCUT2D eigenvalue weighted by Gasteiger charge is -2.16. The molecule has 0 saturated carbocycles. The fraction of sp³-hybridized carbons (Fsp3) is 0.235. The van der Waals surface area contributed by atoms with Crippen LogP contribution in [0.4, 0.5) is 0 Å². The van der Waals surface area contributed by atoms with E-state index in [4.69, 9.17) is 9.47 Å². The second-order valence-electron chi connectivity index (χ2n) is 5.15. The average Bonchev–Trinajstić information content (AvgIpc) is 2.83. The van der Waals surface area contributed by atoms with E-state index in [0.717, 1.165) is 21.3 Å². The van der Waals surface area contributed by atoms with Gasteiger partial charge >= 0.3 is 0 Å². The molecular formula is C17H16BrNO3. The number of ether oxygens (including phenoxy) is 2. The van der Waals surface area contributed by atoms with Gasteiger partial charge in [-0.05, 0) is 35.4 Å². The summed E-state index contributed by atoms with van der Waals surface area (Å²) in [7, 11) is 3.22. The zero-order valence-corrected chi connectivity index (χ0v) is 14.0. The molecule has 0 aromatic heterocycles. The summed E-state index contributed by atoms with van der Waals surface area (Å²) in [6.07, 6.45) is 0. The van der Waals surface area contributed by atoms with Crippen LogP contribution in [-0.4, -0.2) is 25.0 Å². The Morgan fingerprint density at radius 2 is 1.86 bits per heavy atom. The van der Waals surface area contributed by atoms with E-state index in [1.807, 2.05) is 41.3 Å². The van der Waals surface area contributed by atoms with Crippen molar-refractivity contribution in [2.45, 2.75) is 13.1 Å². The van der Waals surface area contributed by atoms with Gasteiger partial charge in [-0.1, -0.05) is 28.1 Å². The number of carbonyl (C=O) groups is 1. The highest BCUT2D eigenvalue weighted by molar-refractivity contribution is 9.10. The highest BCUT2D eigenvalue weighted by Gasteiger charge is 2.31. The SMILES string of the molecule is COc1ccc(CN2Cc3cc(Br)cc(OC)c3C2=O)cc1. The Bertz CT molecular complexity index is 713. The Morgan fingerprint density at radius 1 is 1.14 bits per heavy atom. The highest BCUT2D eigenvalue weighted by atomic mass is 79.9. The molecule has 0 N–H and O–H groups in total. The molecule has 2 aromatic carbocycles. The molecule has 2 aromatic rings. The molecule has 1 heterocycles. The third-order valence-corrected chi connectivity index (χ3v) is 4.22. The van der Waals surface area contributed by atoms with Crippen LogP contribution in [0.3, 0.4) is 0 Å². The van der Waals surface area contributed by atoms with E-state index in [2.05, 4.69) is 15.9 Å². The van der Waals surface area contributed by atoms with Crippen molar-refractivity contribution in [2.75, 3.05) is 14.2 Å². The van der Waals surface area contributed by atoms with Crippen LogP contribution in [0.15, 0.2) is 40.9 Å². The smallest absolute Gasteiger partial charge is 0.258 e. The van der Waals surface area contributed by atoms with Gasteiger partial charge in [0.1, 0.15) is 11.5 Å². The first-order chi connectivity index (χ1) is 10.6. The summed E-state index contributed by atoms with van der Waals surface area (Å²) in [6, 6.07) is 11.6. The van der Waals surface area contributed by atoms with Crippen molar-refractivity contribution in [3.05, 3.63) is 57.6 Å². The van der Waals surface area contributed by atoms with Gasteiger partial charge < -0.3 is 14.4 Å². The Kier molecular flexibility index (Phi) is 4.07. The highest BCUT2D eigenvalue weighted by Crippen LogP contribution is 2.34. The minimum absolute atomic E-state index is 0.00941. The van der Waals surface area contributed by atoms with Crippen LogP contribution in [0.5, 0.6) is 11.5 Å². The summed E-state index contributed by atoms with van der Waals surface area (Å²) >= 11 is 3.46. The van der Waals surface area contributed by atoms with Crippen molar-refractivity contribution in [2.24, 2.45) is 0 Å². The van der Waals surface area contributed by atoms with Gasteiger partial charge in [0.2, 0.25) is 0 Å². The quantitative estimate of drug-likeness (QED) is 0.834. The van der Waals surface area contributed by atoms with Crippen molar-refractivity contribution in [1.29, 1.82) is 0 Å². The van der Waals surface area contributed by atoms with Crippen LogP contribution >= 0.6 is 15.9 Å². The van der Waals surface area contributed by atoms with E-state index in [-0.39, 0.29) is 5.91 Å². The molecule has 1 aliphatic rings. The van der Waals surface area contributed by atoms with Crippen LogP contribution in [0.2, 0.25) is 0 Å². The minimum atomic E-state index is 0.00941. The van der Waals surface area contributed by atoms with Crippen LogP contribution in [0.1, 0.15) is 21.5 Å². The molecule has 0 atom stereocenters. The average molecular weight is 362 g/mol. The molecule has 5 heteroatoms. The van der Waals surface area contributed by atoms with Gasteiger partial charge in [-0.2, -0.15) is 0 Å². The zero-order valence-electron chi connectivity index (χ0n) is 12.4. The van der Waals surface area contributed by atoms with E-state index in [1.54, 1.807) is 14.2 Å². The molecule has 0 bridgehead atoms. The summed E-state index contributed by atoms with van der Waals surface area (Å²) < 4.78 is 11.4.